The maximum absolute atomic E-state index is 13.7. The van der Waals surface area contributed by atoms with Crippen LogP contribution < -0.4 is 11.1 Å². The molecule has 1 aromatic carbocycles. The number of nitrogens with two attached hydrogens (primary N) is 1. The van der Waals surface area contributed by atoms with Crippen LogP contribution >= 0.6 is 24.0 Å². The number of hydrogen-bond acceptors (Lipinski definition) is 2. The first-order chi connectivity index (χ1) is 11.1. The fraction of sp³-hybridized carbons (Fsp3) is 0.294. The SMILES string of the molecule is I.NC(=NCCc1ccccn1)NC1CC1c1c(F)cccc1F. The van der Waals surface area contributed by atoms with Gasteiger partial charge >= 0.3 is 0 Å². The molecule has 0 saturated heterocycles. The molecule has 1 fully saturated rings. The lowest BCUT2D eigenvalue weighted by atomic mass is 10.1. The van der Waals surface area contributed by atoms with Gasteiger partial charge in [0.25, 0.3) is 0 Å². The van der Waals surface area contributed by atoms with Crippen LogP contribution in [0.3, 0.4) is 0 Å². The average molecular weight is 444 g/mol. The third-order valence-electron chi connectivity index (χ3n) is 3.87. The van der Waals surface area contributed by atoms with Gasteiger partial charge in [0, 0.05) is 42.4 Å². The second-order valence-electron chi connectivity index (χ2n) is 5.57. The molecule has 0 bridgehead atoms. The van der Waals surface area contributed by atoms with Gasteiger partial charge in [-0.25, -0.2) is 8.78 Å². The highest BCUT2D eigenvalue weighted by atomic mass is 127. The maximum atomic E-state index is 13.7. The van der Waals surface area contributed by atoms with Crippen LogP contribution in [0.4, 0.5) is 8.78 Å². The smallest absolute Gasteiger partial charge is 0.188 e. The Morgan fingerprint density at radius 2 is 1.96 bits per heavy atom. The van der Waals surface area contributed by atoms with Gasteiger partial charge in [0.2, 0.25) is 0 Å². The standard InChI is InChI=1S/C17H18F2N4.HI/c18-13-5-3-6-14(19)16(13)12-10-15(12)23-17(20)22-9-7-11-4-1-2-8-21-11;/h1-6,8,12,15H,7,9-10H2,(H3,20,22,23);1H. The van der Waals surface area contributed by atoms with Gasteiger partial charge in [0.05, 0.1) is 0 Å². The molecule has 7 heteroatoms. The number of aromatic nitrogens is 1. The van der Waals surface area contributed by atoms with Gasteiger partial charge in [-0.1, -0.05) is 12.1 Å². The van der Waals surface area contributed by atoms with Crippen LogP contribution in [-0.2, 0) is 6.42 Å². The number of aliphatic imine (C=N–C) groups is 1. The predicted molar refractivity (Wildman–Crippen MR) is 100 cm³/mol. The van der Waals surface area contributed by atoms with E-state index >= 15 is 0 Å². The highest BCUT2D eigenvalue weighted by molar-refractivity contribution is 14.0. The summed E-state index contributed by atoms with van der Waals surface area (Å²) in [5, 5.41) is 3.02. The zero-order valence-electron chi connectivity index (χ0n) is 13.0. The summed E-state index contributed by atoms with van der Waals surface area (Å²) in [6, 6.07) is 9.56. The molecule has 2 aromatic rings. The van der Waals surface area contributed by atoms with E-state index in [1.807, 2.05) is 18.2 Å². The van der Waals surface area contributed by atoms with Crippen molar-refractivity contribution in [1.29, 1.82) is 0 Å². The molecule has 1 aromatic heterocycles. The van der Waals surface area contributed by atoms with Gasteiger partial charge in [0.15, 0.2) is 5.96 Å². The van der Waals surface area contributed by atoms with E-state index in [1.54, 1.807) is 6.20 Å². The van der Waals surface area contributed by atoms with Crippen molar-refractivity contribution in [2.75, 3.05) is 6.54 Å². The van der Waals surface area contributed by atoms with Crippen LogP contribution in [0.25, 0.3) is 0 Å². The number of nitrogens with one attached hydrogen (secondary N) is 1. The van der Waals surface area contributed by atoms with Crippen LogP contribution in [0.5, 0.6) is 0 Å². The number of guanidine groups is 1. The number of pyridine rings is 1. The number of halogens is 3. The summed E-state index contributed by atoms with van der Waals surface area (Å²) in [6.45, 7) is 0.515. The van der Waals surface area contributed by atoms with E-state index in [2.05, 4.69) is 15.3 Å². The number of nitrogens with zero attached hydrogens (tertiary/aromatic N) is 2. The van der Waals surface area contributed by atoms with Crippen molar-refractivity contribution in [1.82, 2.24) is 10.3 Å². The molecule has 1 aliphatic rings. The van der Waals surface area contributed by atoms with Crippen molar-refractivity contribution in [2.24, 2.45) is 10.7 Å². The molecule has 3 rings (SSSR count). The number of rotatable bonds is 5. The average Bonchev–Trinajstić information content (AvgIpc) is 3.27. The van der Waals surface area contributed by atoms with E-state index in [4.69, 9.17) is 5.73 Å². The monoisotopic (exact) mass is 444 g/mol. The summed E-state index contributed by atoms with van der Waals surface area (Å²) in [6.07, 6.45) is 3.08. The molecule has 3 N–H and O–H groups in total. The van der Waals surface area contributed by atoms with Gasteiger partial charge in [-0.15, -0.1) is 24.0 Å². The summed E-state index contributed by atoms with van der Waals surface area (Å²) in [5.41, 5.74) is 6.90. The summed E-state index contributed by atoms with van der Waals surface area (Å²) >= 11 is 0. The van der Waals surface area contributed by atoms with Crippen LogP contribution in [-0.4, -0.2) is 23.5 Å². The molecule has 1 heterocycles. The second kappa shape index (κ2) is 8.36. The van der Waals surface area contributed by atoms with Crippen LogP contribution in [0.1, 0.15) is 23.6 Å². The molecule has 2 atom stereocenters. The molecule has 2 unspecified atom stereocenters. The van der Waals surface area contributed by atoms with Crippen molar-refractivity contribution in [2.45, 2.75) is 24.8 Å². The topological polar surface area (TPSA) is 63.3 Å². The Labute approximate surface area is 156 Å². The zero-order chi connectivity index (χ0) is 16.2. The third kappa shape index (κ3) is 4.62. The van der Waals surface area contributed by atoms with Crippen molar-refractivity contribution < 1.29 is 8.78 Å². The molecule has 1 saturated carbocycles. The van der Waals surface area contributed by atoms with Gasteiger partial charge in [0.1, 0.15) is 11.6 Å². The van der Waals surface area contributed by atoms with Crippen molar-refractivity contribution in [3.63, 3.8) is 0 Å². The first-order valence-electron chi connectivity index (χ1n) is 7.55. The Kier molecular flexibility index (Phi) is 6.47. The minimum atomic E-state index is -0.509. The molecule has 4 nitrogen and oxygen atoms in total. The molecule has 1 aliphatic carbocycles. The Hall–Kier alpha value is -1.77. The minimum absolute atomic E-state index is 0. The Bertz CT molecular complexity index is 689. The van der Waals surface area contributed by atoms with Crippen molar-refractivity contribution in [3.05, 3.63) is 65.5 Å². The van der Waals surface area contributed by atoms with E-state index in [1.165, 1.54) is 18.2 Å². The van der Waals surface area contributed by atoms with Crippen LogP contribution in [0.15, 0.2) is 47.6 Å². The Morgan fingerprint density at radius 1 is 1.21 bits per heavy atom. The summed E-state index contributed by atoms with van der Waals surface area (Å²) in [7, 11) is 0. The largest absolute Gasteiger partial charge is 0.370 e. The van der Waals surface area contributed by atoms with Crippen LogP contribution in [0, 0.1) is 11.6 Å². The quantitative estimate of drug-likeness (QED) is 0.424. The fourth-order valence-electron chi connectivity index (χ4n) is 2.61. The molecule has 24 heavy (non-hydrogen) atoms. The zero-order valence-corrected chi connectivity index (χ0v) is 15.3. The highest BCUT2D eigenvalue weighted by Crippen LogP contribution is 2.42. The predicted octanol–water partition coefficient (Wildman–Crippen LogP) is 2.98. The van der Waals surface area contributed by atoms with E-state index in [-0.39, 0.29) is 41.5 Å². The molecule has 128 valence electrons. The lowest BCUT2D eigenvalue weighted by molar-refractivity contribution is 0.554. The summed E-state index contributed by atoms with van der Waals surface area (Å²) in [5.74, 6) is -0.916. The lowest BCUT2D eigenvalue weighted by Gasteiger charge is -2.07. The fourth-order valence-corrected chi connectivity index (χ4v) is 2.61. The van der Waals surface area contributed by atoms with Crippen molar-refractivity contribution >= 4 is 29.9 Å². The normalized spacial score (nSPS) is 19.5. The maximum Gasteiger partial charge on any atom is 0.188 e. The summed E-state index contributed by atoms with van der Waals surface area (Å²) in [4.78, 5) is 8.43. The van der Waals surface area contributed by atoms with Gasteiger partial charge < -0.3 is 11.1 Å². The van der Waals surface area contributed by atoms with Gasteiger partial charge in [-0.2, -0.15) is 0 Å². The van der Waals surface area contributed by atoms with E-state index in [0.717, 1.165) is 5.69 Å². The minimum Gasteiger partial charge on any atom is -0.370 e. The van der Waals surface area contributed by atoms with E-state index in [0.29, 0.717) is 25.3 Å². The van der Waals surface area contributed by atoms with Gasteiger partial charge in [-0.3, -0.25) is 9.98 Å². The first-order valence-corrected chi connectivity index (χ1v) is 7.55. The van der Waals surface area contributed by atoms with Crippen LogP contribution in [0.2, 0.25) is 0 Å². The van der Waals surface area contributed by atoms with Crippen molar-refractivity contribution in [3.8, 4) is 0 Å². The van der Waals surface area contributed by atoms with Gasteiger partial charge in [-0.05, 0) is 30.7 Å². The molecule has 0 spiro atoms. The molecule has 0 radical (unpaired) electrons. The molecule has 0 aliphatic heterocycles. The Balaban J connectivity index is 0.00000208. The highest BCUT2D eigenvalue weighted by Gasteiger charge is 2.42. The molecular weight excluding hydrogens is 425 g/mol. The van der Waals surface area contributed by atoms with E-state index < -0.39 is 11.6 Å². The molecule has 0 amide bonds. The Morgan fingerprint density at radius 3 is 2.62 bits per heavy atom. The second-order valence-corrected chi connectivity index (χ2v) is 5.57. The van der Waals surface area contributed by atoms with E-state index in [9.17, 15) is 8.78 Å². The molecular formula is C17H19F2IN4. The number of hydrogen-bond donors (Lipinski definition) is 2. The lowest BCUT2D eigenvalue weighted by Crippen LogP contribution is -2.34. The third-order valence-corrected chi connectivity index (χ3v) is 3.87. The number of benzene rings is 1. The summed E-state index contributed by atoms with van der Waals surface area (Å²) < 4.78 is 27.4. The first kappa shape index (κ1) is 18.6.